The average Bonchev–Trinajstić information content (AvgIpc) is 2.47. The van der Waals surface area contributed by atoms with Gasteiger partial charge in [-0.3, -0.25) is 0 Å². The maximum absolute atomic E-state index is 11.4. The summed E-state index contributed by atoms with van der Waals surface area (Å²) in [6.45, 7) is 1.99. The minimum Gasteiger partial charge on any atom is -0.379 e. The molecule has 0 amide bonds. The summed E-state index contributed by atoms with van der Waals surface area (Å²) in [6.07, 6.45) is 1.19. The molecule has 1 N–H and O–H groups in total. The Hall–Kier alpha value is -2.32. The Balaban J connectivity index is 2.16. The second-order valence-electron chi connectivity index (χ2n) is 4.90. The van der Waals surface area contributed by atoms with Gasteiger partial charge >= 0.3 is 0 Å². The number of hydrogen-bond donors (Lipinski definition) is 1. The van der Waals surface area contributed by atoms with Crippen molar-refractivity contribution in [2.45, 2.75) is 17.9 Å². The molecule has 1 atom stereocenters. The van der Waals surface area contributed by atoms with Crippen LogP contribution < -0.4 is 5.32 Å². The van der Waals surface area contributed by atoms with Gasteiger partial charge in [0, 0.05) is 18.0 Å². The molecular formula is C16H16N2O2S. The van der Waals surface area contributed by atoms with Crippen molar-refractivity contribution in [1.82, 2.24) is 0 Å². The second-order valence-corrected chi connectivity index (χ2v) is 6.92. The van der Waals surface area contributed by atoms with E-state index in [1.54, 1.807) is 30.3 Å². The quantitative estimate of drug-likeness (QED) is 0.941. The fourth-order valence-electron chi connectivity index (χ4n) is 2.01. The molecule has 0 fully saturated rings. The standard InChI is InChI=1S/C16H16N2O2S/c1-12(14-5-3-4-13(10-14)11-17)18-15-6-8-16(9-7-15)21(2,19)20/h3-10,12,18H,1-2H3. The number of nitriles is 1. The highest BCUT2D eigenvalue weighted by atomic mass is 32.2. The van der Waals surface area contributed by atoms with Crippen molar-refractivity contribution in [3.63, 3.8) is 0 Å². The fraction of sp³-hybridized carbons (Fsp3) is 0.188. The van der Waals surface area contributed by atoms with Gasteiger partial charge in [0.25, 0.3) is 0 Å². The molecule has 2 aromatic rings. The summed E-state index contributed by atoms with van der Waals surface area (Å²) in [6, 6.07) is 16.2. The van der Waals surface area contributed by atoms with Crippen molar-refractivity contribution in [3.05, 3.63) is 59.7 Å². The Bertz CT molecular complexity index is 775. The van der Waals surface area contributed by atoms with Crippen LogP contribution in [-0.4, -0.2) is 14.7 Å². The lowest BCUT2D eigenvalue weighted by Gasteiger charge is -2.16. The molecule has 0 saturated heterocycles. The third kappa shape index (κ3) is 3.83. The molecule has 2 aromatic carbocycles. The van der Waals surface area contributed by atoms with Crippen LogP contribution in [0.3, 0.4) is 0 Å². The van der Waals surface area contributed by atoms with Gasteiger partial charge < -0.3 is 5.32 Å². The third-order valence-corrected chi connectivity index (χ3v) is 4.31. The summed E-state index contributed by atoms with van der Waals surface area (Å²) in [4.78, 5) is 0.298. The number of sulfone groups is 1. The van der Waals surface area contributed by atoms with Gasteiger partial charge in [0.2, 0.25) is 0 Å². The molecule has 1 unspecified atom stereocenters. The Morgan fingerprint density at radius 2 is 1.81 bits per heavy atom. The highest BCUT2D eigenvalue weighted by Gasteiger charge is 2.09. The van der Waals surface area contributed by atoms with Crippen LogP contribution in [0, 0.1) is 11.3 Å². The molecule has 0 saturated carbocycles. The van der Waals surface area contributed by atoms with Crippen LogP contribution >= 0.6 is 0 Å². The zero-order valence-corrected chi connectivity index (χ0v) is 12.7. The highest BCUT2D eigenvalue weighted by molar-refractivity contribution is 7.90. The van der Waals surface area contributed by atoms with Gasteiger partial charge in [-0.2, -0.15) is 5.26 Å². The summed E-state index contributed by atoms with van der Waals surface area (Å²) in [7, 11) is -3.17. The van der Waals surface area contributed by atoms with Crippen LogP contribution in [0.5, 0.6) is 0 Å². The molecule has 0 bridgehead atoms. The smallest absolute Gasteiger partial charge is 0.175 e. The topological polar surface area (TPSA) is 70.0 Å². The molecule has 5 heteroatoms. The zero-order valence-electron chi connectivity index (χ0n) is 11.9. The first-order valence-corrected chi connectivity index (χ1v) is 8.36. The minimum absolute atomic E-state index is 0.0161. The van der Waals surface area contributed by atoms with Crippen molar-refractivity contribution < 1.29 is 8.42 Å². The second kappa shape index (κ2) is 5.98. The lowest BCUT2D eigenvalue weighted by Crippen LogP contribution is -2.07. The van der Waals surface area contributed by atoms with Gasteiger partial charge in [-0.05, 0) is 48.9 Å². The van der Waals surface area contributed by atoms with Gasteiger partial charge in [0.15, 0.2) is 9.84 Å². The van der Waals surface area contributed by atoms with E-state index in [1.165, 1.54) is 6.26 Å². The number of hydrogen-bond acceptors (Lipinski definition) is 4. The molecule has 0 heterocycles. The Morgan fingerprint density at radius 3 is 2.38 bits per heavy atom. The molecule has 21 heavy (non-hydrogen) atoms. The zero-order chi connectivity index (χ0) is 15.5. The molecule has 108 valence electrons. The molecule has 0 aliphatic heterocycles. The van der Waals surface area contributed by atoms with Crippen molar-refractivity contribution in [3.8, 4) is 6.07 Å². The van der Waals surface area contributed by atoms with E-state index in [-0.39, 0.29) is 6.04 Å². The van der Waals surface area contributed by atoms with Crippen molar-refractivity contribution in [2.24, 2.45) is 0 Å². The summed E-state index contributed by atoms with van der Waals surface area (Å²) < 4.78 is 22.8. The van der Waals surface area contributed by atoms with Gasteiger partial charge in [0.05, 0.1) is 16.5 Å². The molecular weight excluding hydrogens is 284 g/mol. The van der Waals surface area contributed by atoms with E-state index >= 15 is 0 Å². The molecule has 0 aromatic heterocycles. The van der Waals surface area contributed by atoms with Gasteiger partial charge in [-0.1, -0.05) is 12.1 Å². The van der Waals surface area contributed by atoms with Crippen molar-refractivity contribution in [1.29, 1.82) is 5.26 Å². The van der Waals surface area contributed by atoms with Gasteiger partial charge in [-0.15, -0.1) is 0 Å². The van der Waals surface area contributed by atoms with Crippen molar-refractivity contribution >= 4 is 15.5 Å². The molecule has 0 aliphatic rings. The Morgan fingerprint density at radius 1 is 1.14 bits per heavy atom. The lowest BCUT2D eigenvalue weighted by molar-refractivity contribution is 0.602. The number of benzene rings is 2. The maximum Gasteiger partial charge on any atom is 0.175 e. The minimum atomic E-state index is -3.17. The highest BCUT2D eigenvalue weighted by Crippen LogP contribution is 2.21. The summed E-state index contributed by atoms with van der Waals surface area (Å²) in [5.41, 5.74) is 2.45. The largest absolute Gasteiger partial charge is 0.379 e. The number of nitrogens with one attached hydrogen (secondary N) is 1. The number of rotatable bonds is 4. The maximum atomic E-state index is 11.4. The van der Waals surface area contributed by atoms with E-state index in [0.29, 0.717) is 10.5 Å². The van der Waals surface area contributed by atoms with E-state index in [0.717, 1.165) is 11.3 Å². The summed E-state index contributed by atoms with van der Waals surface area (Å²) in [5.74, 6) is 0. The van der Waals surface area contributed by atoms with Crippen LogP contribution in [0.25, 0.3) is 0 Å². The van der Waals surface area contributed by atoms with E-state index < -0.39 is 9.84 Å². The van der Waals surface area contributed by atoms with E-state index in [2.05, 4.69) is 11.4 Å². The van der Waals surface area contributed by atoms with Crippen LogP contribution in [0.2, 0.25) is 0 Å². The monoisotopic (exact) mass is 300 g/mol. The van der Waals surface area contributed by atoms with Crippen LogP contribution in [0.4, 0.5) is 5.69 Å². The Kier molecular flexibility index (Phi) is 4.29. The van der Waals surface area contributed by atoms with Crippen LogP contribution in [0.1, 0.15) is 24.1 Å². The molecule has 0 radical (unpaired) electrons. The van der Waals surface area contributed by atoms with Crippen LogP contribution in [0.15, 0.2) is 53.4 Å². The SMILES string of the molecule is CC(Nc1ccc(S(C)(=O)=O)cc1)c1cccc(C#N)c1. The molecule has 4 nitrogen and oxygen atoms in total. The van der Waals surface area contributed by atoms with Crippen molar-refractivity contribution in [2.75, 3.05) is 11.6 Å². The first-order valence-electron chi connectivity index (χ1n) is 6.47. The first kappa shape index (κ1) is 15.1. The predicted molar refractivity (Wildman–Crippen MR) is 82.7 cm³/mol. The van der Waals surface area contributed by atoms with Crippen LogP contribution in [-0.2, 0) is 9.84 Å². The molecule has 0 aliphatic carbocycles. The first-order chi connectivity index (χ1) is 9.90. The summed E-state index contributed by atoms with van der Waals surface area (Å²) >= 11 is 0. The normalized spacial score (nSPS) is 12.4. The Labute approximate surface area is 125 Å². The van der Waals surface area contributed by atoms with E-state index in [1.807, 2.05) is 25.1 Å². The number of nitrogens with zero attached hydrogens (tertiary/aromatic N) is 1. The van der Waals surface area contributed by atoms with E-state index in [9.17, 15) is 8.42 Å². The predicted octanol–water partition coefficient (Wildman–Crippen LogP) is 3.13. The van der Waals surface area contributed by atoms with Gasteiger partial charge in [0.1, 0.15) is 0 Å². The third-order valence-electron chi connectivity index (χ3n) is 3.18. The summed E-state index contributed by atoms with van der Waals surface area (Å²) in [5, 5.41) is 12.2. The average molecular weight is 300 g/mol. The fourth-order valence-corrected chi connectivity index (χ4v) is 2.64. The van der Waals surface area contributed by atoms with E-state index in [4.69, 9.17) is 5.26 Å². The number of anilines is 1. The molecule has 0 spiro atoms. The lowest BCUT2D eigenvalue weighted by atomic mass is 10.1. The van der Waals surface area contributed by atoms with Gasteiger partial charge in [-0.25, -0.2) is 8.42 Å². The molecule has 2 rings (SSSR count).